The SMILES string of the molecule is Cc1noc(-c2ccc(-c3ccc(CC(=O)O)cc3)cn2)c1NC(=O)OCCc1ccccc1Cl. The Bertz CT molecular complexity index is 1330. The number of pyridine rings is 1. The maximum Gasteiger partial charge on any atom is 0.411 e. The summed E-state index contributed by atoms with van der Waals surface area (Å²) >= 11 is 6.13. The summed E-state index contributed by atoms with van der Waals surface area (Å²) in [4.78, 5) is 27.7. The van der Waals surface area contributed by atoms with Gasteiger partial charge in [-0.2, -0.15) is 0 Å². The number of carboxylic acid groups (broad SMARTS) is 1. The fourth-order valence-corrected chi connectivity index (χ4v) is 3.70. The Labute approximate surface area is 206 Å². The smallest absolute Gasteiger partial charge is 0.411 e. The van der Waals surface area contributed by atoms with E-state index in [1.165, 1.54) is 0 Å². The Kier molecular flexibility index (Phi) is 7.42. The lowest BCUT2D eigenvalue weighted by Gasteiger charge is -2.08. The lowest BCUT2D eigenvalue weighted by molar-refractivity contribution is -0.136. The van der Waals surface area contributed by atoms with Crippen molar-refractivity contribution in [3.63, 3.8) is 0 Å². The number of rotatable bonds is 8. The molecule has 0 aliphatic heterocycles. The molecule has 2 aromatic carbocycles. The molecule has 2 heterocycles. The van der Waals surface area contributed by atoms with Gasteiger partial charge in [0.1, 0.15) is 17.1 Å². The number of halogens is 1. The molecule has 1 amide bonds. The molecule has 0 aliphatic rings. The molecule has 35 heavy (non-hydrogen) atoms. The Morgan fingerprint density at radius 3 is 2.49 bits per heavy atom. The van der Waals surface area contributed by atoms with Crippen molar-refractivity contribution in [1.29, 1.82) is 0 Å². The van der Waals surface area contributed by atoms with E-state index < -0.39 is 12.1 Å². The minimum absolute atomic E-state index is 0.0273. The lowest BCUT2D eigenvalue weighted by atomic mass is 10.0. The van der Waals surface area contributed by atoms with Crippen LogP contribution in [0.25, 0.3) is 22.6 Å². The van der Waals surface area contributed by atoms with Crippen molar-refractivity contribution in [3.05, 3.63) is 88.7 Å². The third-order valence-corrected chi connectivity index (χ3v) is 5.66. The van der Waals surface area contributed by atoms with E-state index in [-0.39, 0.29) is 13.0 Å². The van der Waals surface area contributed by atoms with Gasteiger partial charge in [-0.3, -0.25) is 15.1 Å². The summed E-state index contributed by atoms with van der Waals surface area (Å²) in [5, 5.41) is 16.2. The number of aromatic nitrogens is 2. The molecular weight excluding hydrogens is 470 g/mol. The number of aryl methyl sites for hydroxylation is 1. The number of aliphatic carboxylic acids is 1. The number of amides is 1. The zero-order valence-corrected chi connectivity index (χ0v) is 19.6. The fraction of sp³-hybridized carbons (Fsp3) is 0.154. The van der Waals surface area contributed by atoms with Crippen LogP contribution in [0.3, 0.4) is 0 Å². The van der Waals surface area contributed by atoms with Crippen LogP contribution in [0.4, 0.5) is 10.5 Å². The summed E-state index contributed by atoms with van der Waals surface area (Å²) in [5.74, 6) is -0.561. The highest BCUT2D eigenvalue weighted by atomic mass is 35.5. The van der Waals surface area contributed by atoms with Crippen molar-refractivity contribution in [3.8, 4) is 22.6 Å². The molecule has 4 rings (SSSR count). The van der Waals surface area contributed by atoms with E-state index in [0.29, 0.717) is 34.3 Å². The Balaban J connectivity index is 1.41. The molecule has 2 N–H and O–H groups in total. The van der Waals surface area contributed by atoms with Gasteiger partial charge in [0.25, 0.3) is 0 Å². The molecule has 4 aromatic rings. The number of benzene rings is 2. The van der Waals surface area contributed by atoms with E-state index in [0.717, 1.165) is 22.3 Å². The summed E-state index contributed by atoms with van der Waals surface area (Å²) < 4.78 is 10.7. The molecule has 0 radical (unpaired) electrons. The van der Waals surface area contributed by atoms with Crippen LogP contribution in [0.5, 0.6) is 0 Å². The van der Waals surface area contributed by atoms with Crippen molar-refractivity contribution >= 4 is 29.4 Å². The van der Waals surface area contributed by atoms with Gasteiger partial charge in [0.15, 0.2) is 0 Å². The second-order valence-electron chi connectivity index (χ2n) is 7.77. The zero-order valence-electron chi connectivity index (χ0n) is 18.8. The van der Waals surface area contributed by atoms with Crippen LogP contribution in [-0.4, -0.2) is 33.9 Å². The summed E-state index contributed by atoms with van der Waals surface area (Å²) in [7, 11) is 0. The van der Waals surface area contributed by atoms with Gasteiger partial charge < -0.3 is 14.4 Å². The average Bonchev–Trinajstić information content (AvgIpc) is 3.20. The number of carbonyl (C=O) groups excluding carboxylic acids is 1. The van der Waals surface area contributed by atoms with Gasteiger partial charge in [0, 0.05) is 23.2 Å². The number of nitrogens with one attached hydrogen (secondary N) is 1. The van der Waals surface area contributed by atoms with Crippen molar-refractivity contribution in [1.82, 2.24) is 10.1 Å². The standard InChI is InChI=1S/C26H22ClN3O5/c1-16-24(29-26(33)34-13-12-19-4-2-3-5-21(19)27)25(35-30-16)22-11-10-20(15-28-22)18-8-6-17(7-9-18)14-23(31)32/h2-11,15H,12-14H2,1H3,(H,29,33)(H,31,32). The van der Waals surface area contributed by atoms with Crippen molar-refractivity contribution in [2.75, 3.05) is 11.9 Å². The van der Waals surface area contributed by atoms with Crippen LogP contribution in [0.1, 0.15) is 16.8 Å². The summed E-state index contributed by atoms with van der Waals surface area (Å²) in [6.45, 7) is 1.87. The summed E-state index contributed by atoms with van der Waals surface area (Å²) in [6.07, 6.45) is 1.50. The van der Waals surface area contributed by atoms with E-state index in [2.05, 4.69) is 15.5 Å². The molecule has 0 saturated heterocycles. The molecule has 8 nitrogen and oxygen atoms in total. The molecule has 0 fully saturated rings. The Morgan fingerprint density at radius 1 is 1.06 bits per heavy atom. The van der Waals surface area contributed by atoms with Crippen LogP contribution >= 0.6 is 11.6 Å². The molecule has 2 aromatic heterocycles. The number of hydrogen-bond acceptors (Lipinski definition) is 6. The van der Waals surface area contributed by atoms with Crippen molar-refractivity contribution < 1.29 is 24.0 Å². The van der Waals surface area contributed by atoms with Crippen molar-refractivity contribution in [2.45, 2.75) is 19.8 Å². The molecule has 9 heteroatoms. The summed E-state index contributed by atoms with van der Waals surface area (Å²) in [5.41, 5.74) is 4.71. The first-order valence-electron chi connectivity index (χ1n) is 10.8. The predicted octanol–water partition coefficient (Wildman–Crippen LogP) is 5.78. The van der Waals surface area contributed by atoms with E-state index in [1.54, 1.807) is 37.4 Å². The second kappa shape index (κ2) is 10.8. The predicted molar refractivity (Wildman–Crippen MR) is 131 cm³/mol. The van der Waals surface area contributed by atoms with Gasteiger partial charge in [-0.1, -0.05) is 65.3 Å². The fourth-order valence-electron chi connectivity index (χ4n) is 3.47. The highest BCUT2D eigenvalue weighted by Crippen LogP contribution is 2.31. The molecule has 0 aliphatic carbocycles. The van der Waals surface area contributed by atoms with E-state index in [4.69, 9.17) is 26.0 Å². The minimum Gasteiger partial charge on any atom is -0.481 e. The normalized spacial score (nSPS) is 10.7. The van der Waals surface area contributed by atoms with E-state index in [1.807, 2.05) is 36.4 Å². The number of carbonyl (C=O) groups is 2. The van der Waals surface area contributed by atoms with Gasteiger partial charge >= 0.3 is 12.1 Å². The maximum atomic E-state index is 12.4. The zero-order chi connectivity index (χ0) is 24.8. The first kappa shape index (κ1) is 24.0. The Hall–Kier alpha value is -4.17. The molecule has 0 spiro atoms. The quantitative estimate of drug-likeness (QED) is 0.321. The molecule has 0 saturated carbocycles. The van der Waals surface area contributed by atoms with Gasteiger partial charge in [-0.05, 0) is 35.7 Å². The molecular formula is C26H22ClN3O5. The van der Waals surface area contributed by atoms with Gasteiger partial charge in [-0.15, -0.1) is 0 Å². The van der Waals surface area contributed by atoms with Crippen LogP contribution in [0.2, 0.25) is 5.02 Å². The van der Waals surface area contributed by atoms with E-state index in [9.17, 15) is 9.59 Å². The first-order valence-corrected chi connectivity index (χ1v) is 11.2. The highest BCUT2D eigenvalue weighted by Gasteiger charge is 2.19. The number of ether oxygens (including phenoxy) is 1. The molecule has 0 bridgehead atoms. The third-order valence-electron chi connectivity index (χ3n) is 5.29. The van der Waals surface area contributed by atoms with Crippen LogP contribution in [-0.2, 0) is 22.4 Å². The number of carboxylic acids is 1. The summed E-state index contributed by atoms with van der Waals surface area (Å²) in [6, 6.07) is 18.2. The monoisotopic (exact) mass is 491 g/mol. The van der Waals surface area contributed by atoms with Crippen LogP contribution in [0, 0.1) is 6.92 Å². The second-order valence-corrected chi connectivity index (χ2v) is 8.18. The molecule has 0 atom stereocenters. The maximum absolute atomic E-state index is 12.4. The third kappa shape index (κ3) is 6.04. The van der Waals surface area contributed by atoms with Gasteiger partial charge in [-0.25, -0.2) is 4.79 Å². The van der Waals surface area contributed by atoms with E-state index >= 15 is 0 Å². The Morgan fingerprint density at radius 2 is 1.80 bits per heavy atom. The van der Waals surface area contributed by atoms with Gasteiger partial charge in [0.2, 0.25) is 5.76 Å². The lowest BCUT2D eigenvalue weighted by Crippen LogP contribution is -2.16. The number of nitrogens with zero attached hydrogens (tertiary/aromatic N) is 2. The topological polar surface area (TPSA) is 115 Å². The van der Waals surface area contributed by atoms with Crippen LogP contribution < -0.4 is 5.32 Å². The van der Waals surface area contributed by atoms with Crippen molar-refractivity contribution in [2.24, 2.45) is 0 Å². The van der Waals surface area contributed by atoms with Crippen LogP contribution in [0.15, 0.2) is 71.4 Å². The number of hydrogen-bond donors (Lipinski definition) is 2. The largest absolute Gasteiger partial charge is 0.481 e. The minimum atomic E-state index is -0.875. The van der Waals surface area contributed by atoms with Gasteiger partial charge in [0.05, 0.1) is 13.0 Å². The average molecular weight is 492 g/mol. The molecule has 178 valence electrons. The first-order chi connectivity index (χ1) is 16.9. The highest BCUT2D eigenvalue weighted by molar-refractivity contribution is 6.31. The number of anilines is 1. The molecule has 0 unspecified atom stereocenters.